The van der Waals surface area contributed by atoms with Crippen LogP contribution in [0, 0.1) is 13.8 Å². The van der Waals surface area contributed by atoms with Crippen LogP contribution in [0.1, 0.15) is 86.3 Å². The Labute approximate surface area is 173 Å². The minimum Gasteiger partial charge on any atom is -0.507 e. The first kappa shape index (κ1) is 21.8. The van der Waals surface area contributed by atoms with E-state index in [4.69, 9.17) is 0 Å². The molecule has 0 bridgehead atoms. The third-order valence-electron chi connectivity index (χ3n) is 5.51. The number of phenolic OH excluding ortho intramolecular Hbond substituents is 1. The number of rotatable bonds is 6. The Morgan fingerprint density at radius 3 is 2.07 bits per heavy atom. The molecule has 146 valence electrons. The Morgan fingerprint density at radius 1 is 1.00 bits per heavy atom. The molecule has 2 heteroatoms. The summed E-state index contributed by atoms with van der Waals surface area (Å²) in [4.78, 5) is 0. The Bertz CT molecular complexity index is 860. The van der Waals surface area contributed by atoms with Gasteiger partial charge in [-0.2, -0.15) is 0 Å². The van der Waals surface area contributed by atoms with Crippen LogP contribution in [0.5, 0.6) is 5.75 Å². The molecule has 2 rings (SSSR count). The van der Waals surface area contributed by atoms with Gasteiger partial charge in [-0.15, -0.1) is 0 Å². The van der Waals surface area contributed by atoms with Crippen molar-refractivity contribution in [3.8, 4) is 16.9 Å². The highest BCUT2D eigenvalue weighted by Gasteiger charge is 2.24. The first-order valence-corrected chi connectivity index (χ1v) is 10.8. The van der Waals surface area contributed by atoms with Gasteiger partial charge >= 0.3 is 0 Å². The zero-order chi connectivity index (χ0) is 20.5. The Morgan fingerprint density at radius 2 is 1.59 bits per heavy atom. The van der Waals surface area contributed by atoms with Crippen molar-refractivity contribution in [1.29, 1.82) is 0 Å². The fourth-order valence-electron chi connectivity index (χ4n) is 3.96. The van der Waals surface area contributed by atoms with E-state index in [-0.39, 0.29) is 5.92 Å². The molecular formula is C25H33BrO. The van der Waals surface area contributed by atoms with Gasteiger partial charge in [-0.3, -0.25) is 0 Å². The molecule has 2 aromatic carbocycles. The monoisotopic (exact) mass is 428 g/mol. The number of benzene rings is 2. The van der Waals surface area contributed by atoms with Gasteiger partial charge in [0.1, 0.15) is 5.75 Å². The first-order chi connectivity index (χ1) is 12.6. The van der Waals surface area contributed by atoms with Crippen molar-refractivity contribution in [1.82, 2.24) is 0 Å². The molecule has 0 aromatic heterocycles. The second-order valence-corrected chi connectivity index (χ2v) is 8.95. The molecule has 0 aliphatic carbocycles. The van der Waals surface area contributed by atoms with E-state index in [2.05, 4.69) is 83.1 Å². The van der Waals surface area contributed by atoms with Gasteiger partial charge in [0.25, 0.3) is 0 Å². The normalized spacial score (nSPS) is 11.5. The topological polar surface area (TPSA) is 20.2 Å². The molecule has 0 saturated carbocycles. The van der Waals surface area contributed by atoms with E-state index in [1.807, 2.05) is 6.08 Å². The number of hydrogen-bond donors (Lipinski definition) is 1. The van der Waals surface area contributed by atoms with Gasteiger partial charge in [0.2, 0.25) is 0 Å². The minimum atomic E-state index is 0.253. The Balaban J connectivity index is 3.06. The van der Waals surface area contributed by atoms with Crippen molar-refractivity contribution in [2.75, 3.05) is 0 Å². The van der Waals surface area contributed by atoms with Crippen LogP contribution < -0.4 is 0 Å². The van der Waals surface area contributed by atoms with E-state index in [0.717, 1.165) is 39.6 Å². The molecule has 0 amide bonds. The van der Waals surface area contributed by atoms with E-state index in [0.29, 0.717) is 11.7 Å². The maximum atomic E-state index is 11.3. The summed E-state index contributed by atoms with van der Waals surface area (Å²) >= 11 is 3.74. The molecule has 0 saturated heterocycles. The number of halogens is 1. The third kappa shape index (κ3) is 4.01. The Kier molecular flexibility index (Phi) is 6.97. The highest BCUT2D eigenvalue weighted by molar-refractivity contribution is 9.10. The predicted octanol–water partition coefficient (Wildman–Crippen LogP) is 8.28. The lowest BCUT2D eigenvalue weighted by Gasteiger charge is -2.25. The van der Waals surface area contributed by atoms with Crippen molar-refractivity contribution in [3.05, 3.63) is 56.6 Å². The fraction of sp³-hybridized carbons (Fsp3) is 0.440. The summed E-state index contributed by atoms with van der Waals surface area (Å²) in [5.74, 6) is 1.09. The van der Waals surface area contributed by atoms with Crippen LogP contribution in [0.15, 0.2) is 23.2 Å². The van der Waals surface area contributed by atoms with E-state index in [1.165, 1.54) is 22.3 Å². The third-order valence-corrected chi connectivity index (χ3v) is 6.33. The standard InChI is InChI=1S/C25H33BrO/c1-9-11-19-20(14(3)4)12-18(10-2)16(7)23(19)24-17(8)22(26)13-21(15(5)6)25(24)27/h10,12-15,27H,2,9,11H2,1,3-8H3. The summed E-state index contributed by atoms with van der Waals surface area (Å²) < 4.78 is 1.05. The minimum absolute atomic E-state index is 0.253. The highest BCUT2D eigenvalue weighted by Crippen LogP contribution is 2.46. The van der Waals surface area contributed by atoms with Gasteiger partial charge in [0.15, 0.2) is 0 Å². The molecule has 0 aliphatic heterocycles. The summed E-state index contributed by atoms with van der Waals surface area (Å²) in [5.41, 5.74) is 9.31. The van der Waals surface area contributed by atoms with Crippen molar-refractivity contribution >= 4 is 22.0 Å². The SMILES string of the molecule is C=Cc1cc(C(C)C)c(CCC)c(-c2c(C)c(Br)cc(C(C)C)c2O)c1C. The van der Waals surface area contributed by atoms with E-state index >= 15 is 0 Å². The second kappa shape index (κ2) is 8.65. The van der Waals surface area contributed by atoms with E-state index < -0.39 is 0 Å². The number of aromatic hydroxyl groups is 1. The largest absolute Gasteiger partial charge is 0.507 e. The molecule has 0 aliphatic rings. The van der Waals surface area contributed by atoms with Crippen LogP contribution in [0.25, 0.3) is 17.2 Å². The lowest BCUT2D eigenvalue weighted by molar-refractivity contribution is 0.466. The van der Waals surface area contributed by atoms with Crippen LogP contribution in [0.4, 0.5) is 0 Å². The molecule has 0 heterocycles. The van der Waals surface area contributed by atoms with Crippen molar-refractivity contribution in [3.63, 3.8) is 0 Å². The van der Waals surface area contributed by atoms with Crippen molar-refractivity contribution in [2.24, 2.45) is 0 Å². The number of hydrogen-bond acceptors (Lipinski definition) is 1. The summed E-state index contributed by atoms with van der Waals surface area (Å²) in [6, 6.07) is 4.35. The van der Waals surface area contributed by atoms with Gasteiger partial charge in [0, 0.05) is 10.0 Å². The maximum Gasteiger partial charge on any atom is 0.127 e. The molecule has 1 nitrogen and oxygen atoms in total. The Hall–Kier alpha value is -1.54. The number of phenols is 1. The van der Waals surface area contributed by atoms with Crippen molar-refractivity contribution < 1.29 is 5.11 Å². The second-order valence-electron chi connectivity index (χ2n) is 8.09. The van der Waals surface area contributed by atoms with E-state index in [9.17, 15) is 5.11 Å². The van der Waals surface area contributed by atoms with Gasteiger partial charge in [-0.1, -0.05) is 75.7 Å². The van der Waals surface area contributed by atoms with Gasteiger partial charge in [0.05, 0.1) is 0 Å². The van der Waals surface area contributed by atoms with Gasteiger partial charge in [-0.05, 0) is 77.1 Å². The van der Waals surface area contributed by atoms with E-state index in [1.54, 1.807) is 0 Å². The van der Waals surface area contributed by atoms with Crippen LogP contribution in [-0.4, -0.2) is 5.11 Å². The van der Waals surface area contributed by atoms with Crippen molar-refractivity contribution in [2.45, 2.75) is 73.1 Å². The lowest BCUT2D eigenvalue weighted by Crippen LogP contribution is -2.06. The zero-order valence-corrected chi connectivity index (χ0v) is 19.4. The lowest BCUT2D eigenvalue weighted by atomic mass is 9.80. The van der Waals surface area contributed by atoms with Crippen LogP contribution in [0.3, 0.4) is 0 Å². The molecule has 0 radical (unpaired) electrons. The summed E-state index contributed by atoms with van der Waals surface area (Å²) in [6.45, 7) is 19.2. The molecular weight excluding hydrogens is 396 g/mol. The van der Waals surface area contributed by atoms with Gasteiger partial charge in [-0.25, -0.2) is 0 Å². The average molecular weight is 429 g/mol. The molecule has 0 spiro atoms. The smallest absolute Gasteiger partial charge is 0.127 e. The molecule has 1 N–H and O–H groups in total. The summed E-state index contributed by atoms with van der Waals surface area (Å²) in [5, 5.41) is 11.3. The summed E-state index contributed by atoms with van der Waals surface area (Å²) in [7, 11) is 0. The van der Waals surface area contributed by atoms with Crippen LogP contribution >= 0.6 is 15.9 Å². The molecule has 0 fully saturated rings. The fourth-order valence-corrected chi connectivity index (χ4v) is 4.41. The molecule has 0 atom stereocenters. The average Bonchev–Trinajstić information content (AvgIpc) is 2.60. The maximum absolute atomic E-state index is 11.3. The molecule has 27 heavy (non-hydrogen) atoms. The first-order valence-electron chi connectivity index (χ1n) is 9.96. The zero-order valence-electron chi connectivity index (χ0n) is 17.8. The molecule has 0 unspecified atom stereocenters. The predicted molar refractivity (Wildman–Crippen MR) is 123 cm³/mol. The highest BCUT2D eigenvalue weighted by atomic mass is 79.9. The van der Waals surface area contributed by atoms with Crippen LogP contribution in [-0.2, 0) is 6.42 Å². The summed E-state index contributed by atoms with van der Waals surface area (Å²) in [6.07, 6.45) is 4.02. The van der Waals surface area contributed by atoms with Crippen LogP contribution in [0.2, 0.25) is 0 Å². The molecule has 2 aromatic rings. The van der Waals surface area contributed by atoms with Gasteiger partial charge < -0.3 is 5.11 Å². The quantitative estimate of drug-likeness (QED) is 0.490.